The lowest BCUT2D eigenvalue weighted by Gasteiger charge is -2.15. The number of rotatable bonds is 2. The number of benzene rings is 1. The zero-order chi connectivity index (χ0) is 9.97. The summed E-state index contributed by atoms with van der Waals surface area (Å²) in [4.78, 5) is 0. The van der Waals surface area contributed by atoms with E-state index in [9.17, 15) is 0 Å². The second kappa shape index (κ2) is 4.01. The van der Waals surface area contributed by atoms with E-state index in [1.165, 1.54) is 30.5 Å². The van der Waals surface area contributed by atoms with E-state index in [0.717, 1.165) is 0 Å². The van der Waals surface area contributed by atoms with Crippen LogP contribution < -0.4 is 11.1 Å². The average Bonchev–Trinajstić information content (AvgIpc) is 2.65. The fourth-order valence-corrected chi connectivity index (χ4v) is 2.30. The molecule has 1 aliphatic carbocycles. The van der Waals surface area contributed by atoms with Crippen LogP contribution in [0.15, 0.2) is 24.3 Å². The molecule has 2 unspecified atom stereocenters. The highest BCUT2D eigenvalue weighted by molar-refractivity contribution is 5.44. The zero-order valence-corrected chi connectivity index (χ0v) is 8.66. The molecule has 14 heavy (non-hydrogen) atoms. The van der Waals surface area contributed by atoms with Crippen molar-refractivity contribution >= 4 is 5.69 Å². The Morgan fingerprint density at radius 2 is 1.93 bits per heavy atom. The van der Waals surface area contributed by atoms with E-state index < -0.39 is 0 Å². The molecule has 1 aromatic rings. The van der Waals surface area contributed by atoms with Crippen LogP contribution in [0, 0.1) is 0 Å². The molecule has 1 aliphatic rings. The Balaban J connectivity index is 2.16. The Hall–Kier alpha value is -1.02. The Labute approximate surface area is 85.5 Å². The summed E-state index contributed by atoms with van der Waals surface area (Å²) in [7, 11) is 1.94. The summed E-state index contributed by atoms with van der Waals surface area (Å²) in [6.07, 6.45) is 3.71. The fourth-order valence-electron chi connectivity index (χ4n) is 2.30. The molecule has 0 aromatic heterocycles. The molecule has 3 N–H and O–H groups in total. The van der Waals surface area contributed by atoms with Crippen molar-refractivity contribution in [2.45, 2.75) is 31.2 Å². The molecular formula is C12H18N2. The quantitative estimate of drug-likeness (QED) is 0.751. The first-order valence-corrected chi connectivity index (χ1v) is 5.34. The van der Waals surface area contributed by atoms with Gasteiger partial charge in [-0.15, -0.1) is 0 Å². The van der Waals surface area contributed by atoms with Gasteiger partial charge in [0.1, 0.15) is 0 Å². The molecule has 1 saturated carbocycles. The number of nitrogens with two attached hydrogens (primary N) is 1. The smallest absolute Gasteiger partial charge is 0.0337 e. The summed E-state index contributed by atoms with van der Waals surface area (Å²) in [5, 5.41) is 3.12. The first-order chi connectivity index (χ1) is 6.81. The fraction of sp³-hybridized carbons (Fsp3) is 0.500. The predicted molar refractivity (Wildman–Crippen MR) is 60.6 cm³/mol. The maximum Gasteiger partial charge on any atom is 0.0337 e. The van der Waals surface area contributed by atoms with Gasteiger partial charge in [0, 0.05) is 18.8 Å². The third kappa shape index (κ3) is 1.75. The first kappa shape index (κ1) is 9.53. The Morgan fingerprint density at radius 1 is 1.21 bits per heavy atom. The third-order valence-electron chi connectivity index (χ3n) is 3.20. The average molecular weight is 190 g/mol. The summed E-state index contributed by atoms with van der Waals surface area (Å²) < 4.78 is 0. The van der Waals surface area contributed by atoms with E-state index in [2.05, 4.69) is 29.6 Å². The van der Waals surface area contributed by atoms with E-state index in [-0.39, 0.29) is 0 Å². The van der Waals surface area contributed by atoms with Crippen molar-refractivity contribution in [3.05, 3.63) is 29.8 Å². The number of hydrogen-bond donors (Lipinski definition) is 2. The molecule has 2 atom stereocenters. The van der Waals surface area contributed by atoms with E-state index >= 15 is 0 Å². The van der Waals surface area contributed by atoms with Gasteiger partial charge < -0.3 is 11.1 Å². The lowest BCUT2D eigenvalue weighted by Crippen LogP contribution is -2.22. The molecule has 76 valence electrons. The number of nitrogens with one attached hydrogen (secondary N) is 1. The molecule has 0 amide bonds. The maximum absolute atomic E-state index is 6.07. The minimum Gasteiger partial charge on any atom is -0.388 e. The van der Waals surface area contributed by atoms with Crippen molar-refractivity contribution in [2.24, 2.45) is 5.73 Å². The molecule has 1 fully saturated rings. The highest BCUT2D eigenvalue weighted by Crippen LogP contribution is 2.33. The van der Waals surface area contributed by atoms with Crippen LogP contribution >= 0.6 is 0 Å². The van der Waals surface area contributed by atoms with Crippen LogP contribution in [0.4, 0.5) is 5.69 Å². The lowest BCUT2D eigenvalue weighted by atomic mass is 9.94. The van der Waals surface area contributed by atoms with Crippen LogP contribution in [0.2, 0.25) is 0 Å². The molecule has 0 heterocycles. The highest BCUT2D eigenvalue weighted by Gasteiger charge is 2.24. The van der Waals surface area contributed by atoms with Crippen LogP contribution in [0.1, 0.15) is 30.7 Å². The minimum absolute atomic E-state index is 0.371. The molecule has 2 nitrogen and oxygen atoms in total. The Bertz CT molecular complexity index is 292. The topological polar surface area (TPSA) is 38.0 Å². The highest BCUT2D eigenvalue weighted by atomic mass is 14.8. The summed E-state index contributed by atoms with van der Waals surface area (Å²) in [6.45, 7) is 0. The van der Waals surface area contributed by atoms with Gasteiger partial charge in [-0.3, -0.25) is 0 Å². The normalized spacial score (nSPS) is 26.4. The number of hydrogen-bond acceptors (Lipinski definition) is 2. The molecule has 0 radical (unpaired) electrons. The van der Waals surface area contributed by atoms with Crippen molar-refractivity contribution in [3.8, 4) is 0 Å². The second-order valence-corrected chi connectivity index (χ2v) is 4.07. The van der Waals surface area contributed by atoms with Crippen LogP contribution in [0.25, 0.3) is 0 Å². The Kier molecular flexibility index (Phi) is 2.73. The monoisotopic (exact) mass is 190 g/mol. The second-order valence-electron chi connectivity index (χ2n) is 4.07. The van der Waals surface area contributed by atoms with Crippen LogP contribution in [-0.4, -0.2) is 13.1 Å². The molecule has 1 aromatic carbocycles. The van der Waals surface area contributed by atoms with Crippen molar-refractivity contribution in [3.63, 3.8) is 0 Å². The molecule has 0 saturated heterocycles. The van der Waals surface area contributed by atoms with Crippen molar-refractivity contribution in [2.75, 3.05) is 12.4 Å². The van der Waals surface area contributed by atoms with Crippen LogP contribution in [0.3, 0.4) is 0 Å². The molecule has 0 aliphatic heterocycles. The maximum atomic E-state index is 6.07. The van der Waals surface area contributed by atoms with Gasteiger partial charge in [0.15, 0.2) is 0 Å². The largest absolute Gasteiger partial charge is 0.388 e. The zero-order valence-electron chi connectivity index (χ0n) is 8.66. The summed E-state index contributed by atoms with van der Waals surface area (Å²) in [5.74, 6) is 0.584. The van der Waals surface area contributed by atoms with E-state index in [0.29, 0.717) is 12.0 Å². The molecule has 2 rings (SSSR count). The van der Waals surface area contributed by atoms with Gasteiger partial charge in [-0.1, -0.05) is 18.6 Å². The van der Waals surface area contributed by atoms with Gasteiger partial charge >= 0.3 is 0 Å². The van der Waals surface area contributed by atoms with Crippen molar-refractivity contribution < 1.29 is 0 Å². The standard InChI is InChI=1S/C12H18N2/c1-14-10-7-5-9(6-8-10)11-3-2-4-12(11)13/h5-8,11-12,14H,2-4,13H2,1H3. The van der Waals surface area contributed by atoms with Crippen molar-refractivity contribution in [1.29, 1.82) is 0 Å². The van der Waals surface area contributed by atoms with E-state index in [1.54, 1.807) is 0 Å². The first-order valence-electron chi connectivity index (χ1n) is 5.34. The van der Waals surface area contributed by atoms with Gasteiger partial charge in [-0.2, -0.15) is 0 Å². The van der Waals surface area contributed by atoms with E-state index in [4.69, 9.17) is 5.73 Å². The number of anilines is 1. The molecule has 2 heteroatoms. The lowest BCUT2D eigenvalue weighted by molar-refractivity contribution is 0.613. The van der Waals surface area contributed by atoms with Gasteiger partial charge in [0.25, 0.3) is 0 Å². The molecular weight excluding hydrogens is 172 g/mol. The van der Waals surface area contributed by atoms with Gasteiger partial charge in [0.2, 0.25) is 0 Å². The minimum atomic E-state index is 0.371. The summed E-state index contributed by atoms with van der Waals surface area (Å²) in [5.41, 5.74) is 8.63. The summed E-state index contributed by atoms with van der Waals surface area (Å²) in [6, 6.07) is 9.01. The van der Waals surface area contributed by atoms with E-state index in [1.807, 2.05) is 7.05 Å². The predicted octanol–water partition coefficient (Wildman–Crippen LogP) is 2.32. The van der Waals surface area contributed by atoms with Crippen LogP contribution in [-0.2, 0) is 0 Å². The van der Waals surface area contributed by atoms with Crippen molar-refractivity contribution in [1.82, 2.24) is 0 Å². The SMILES string of the molecule is CNc1ccc(C2CCCC2N)cc1. The Morgan fingerprint density at radius 3 is 2.43 bits per heavy atom. The molecule has 0 bridgehead atoms. The third-order valence-corrected chi connectivity index (χ3v) is 3.20. The van der Waals surface area contributed by atoms with Gasteiger partial charge in [-0.05, 0) is 36.5 Å². The van der Waals surface area contributed by atoms with Crippen LogP contribution in [0.5, 0.6) is 0 Å². The summed E-state index contributed by atoms with van der Waals surface area (Å²) >= 11 is 0. The van der Waals surface area contributed by atoms with Gasteiger partial charge in [-0.25, -0.2) is 0 Å². The molecule has 0 spiro atoms. The van der Waals surface area contributed by atoms with Gasteiger partial charge in [0.05, 0.1) is 0 Å².